The average Bonchev–Trinajstić information content (AvgIpc) is 2.24. The van der Waals surface area contributed by atoms with E-state index in [1.165, 1.54) is 0 Å². The monoisotopic (exact) mass is 218 g/mol. The molecule has 2 aliphatic rings. The Kier molecular flexibility index (Phi) is 2.42. The second kappa shape index (κ2) is 3.63. The van der Waals surface area contributed by atoms with Gasteiger partial charge in [0.05, 0.1) is 5.41 Å². The van der Waals surface area contributed by atoms with Gasteiger partial charge in [-0.1, -0.05) is 24.3 Å². The smallest absolute Gasteiger partial charge is 0.232 e. The molecule has 0 fully saturated rings. The van der Waals surface area contributed by atoms with Crippen LogP contribution in [0, 0.1) is 0 Å². The highest BCUT2D eigenvalue weighted by molar-refractivity contribution is 5.94. The number of rotatable bonds is 5. The molecule has 2 amide bonds. The number of carbonyl (C=O) groups excluding carboxylic acids is 2. The molecule has 1 aromatic carbocycles. The van der Waals surface area contributed by atoms with Gasteiger partial charge in [-0.2, -0.15) is 0 Å². The average molecular weight is 218 g/mol. The fourth-order valence-corrected chi connectivity index (χ4v) is 2.36. The minimum absolute atomic E-state index is 0.291. The maximum Gasteiger partial charge on any atom is 0.232 e. The van der Waals surface area contributed by atoms with Gasteiger partial charge in [0, 0.05) is 6.42 Å². The molecule has 4 nitrogen and oxygen atoms in total. The van der Waals surface area contributed by atoms with Gasteiger partial charge < -0.3 is 11.5 Å². The lowest BCUT2D eigenvalue weighted by Gasteiger charge is -2.39. The van der Waals surface area contributed by atoms with Crippen LogP contribution in [-0.4, -0.2) is 11.8 Å². The van der Waals surface area contributed by atoms with E-state index >= 15 is 0 Å². The van der Waals surface area contributed by atoms with Crippen LogP contribution in [0.25, 0.3) is 0 Å². The summed E-state index contributed by atoms with van der Waals surface area (Å²) in [6.45, 7) is 0. The predicted molar refractivity (Wildman–Crippen MR) is 59.5 cm³/mol. The summed E-state index contributed by atoms with van der Waals surface area (Å²) in [6.07, 6.45) is 1.44. The van der Waals surface area contributed by atoms with Crippen LogP contribution < -0.4 is 11.5 Å². The van der Waals surface area contributed by atoms with Crippen LogP contribution in [0.5, 0.6) is 0 Å². The second-order valence-electron chi connectivity index (χ2n) is 4.17. The van der Waals surface area contributed by atoms with Crippen molar-refractivity contribution in [2.75, 3.05) is 0 Å². The van der Waals surface area contributed by atoms with Gasteiger partial charge in [0.1, 0.15) is 0 Å². The van der Waals surface area contributed by atoms with E-state index in [0.717, 1.165) is 11.1 Å². The molecule has 3 rings (SSSR count). The molecular weight excluding hydrogens is 204 g/mol. The van der Waals surface area contributed by atoms with Crippen LogP contribution in [0.2, 0.25) is 0 Å². The van der Waals surface area contributed by atoms with E-state index in [4.69, 9.17) is 11.5 Å². The van der Waals surface area contributed by atoms with Gasteiger partial charge >= 0.3 is 0 Å². The Balaban J connectivity index is 2.14. The van der Waals surface area contributed by atoms with E-state index in [-0.39, 0.29) is 11.8 Å². The molecule has 1 aromatic rings. The Morgan fingerprint density at radius 2 is 1.81 bits per heavy atom. The Morgan fingerprint density at radius 1 is 1.19 bits per heavy atom. The fraction of sp³-hybridized carbons (Fsp3) is 0.333. The van der Waals surface area contributed by atoms with Gasteiger partial charge in [-0.25, -0.2) is 0 Å². The molecule has 0 aliphatic heterocycles. The maximum atomic E-state index is 11.6. The van der Waals surface area contributed by atoms with Crippen LogP contribution in [0.1, 0.15) is 30.4 Å². The van der Waals surface area contributed by atoms with Crippen molar-refractivity contribution >= 4 is 11.8 Å². The zero-order valence-corrected chi connectivity index (χ0v) is 8.90. The van der Waals surface area contributed by atoms with Gasteiger partial charge in [0.25, 0.3) is 0 Å². The molecule has 16 heavy (non-hydrogen) atoms. The number of hydrogen-bond donors (Lipinski definition) is 2. The summed E-state index contributed by atoms with van der Waals surface area (Å²) in [4.78, 5) is 22.3. The molecule has 0 aromatic heterocycles. The van der Waals surface area contributed by atoms with E-state index in [0.29, 0.717) is 19.3 Å². The van der Waals surface area contributed by atoms with Crippen molar-refractivity contribution in [3.05, 3.63) is 35.4 Å². The predicted octanol–water partition coefficient (Wildman–Crippen LogP) is 0.427. The Morgan fingerprint density at radius 3 is 2.25 bits per heavy atom. The lowest BCUT2D eigenvalue weighted by atomic mass is 9.63. The highest BCUT2D eigenvalue weighted by Gasteiger charge is 2.46. The molecule has 0 spiro atoms. The number of amides is 2. The van der Waals surface area contributed by atoms with Crippen LogP contribution in [0.3, 0.4) is 0 Å². The molecular formula is C12H14N2O2. The van der Waals surface area contributed by atoms with E-state index in [2.05, 4.69) is 0 Å². The summed E-state index contributed by atoms with van der Waals surface area (Å²) in [5.41, 5.74) is 11.8. The van der Waals surface area contributed by atoms with Gasteiger partial charge in [0.15, 0.2) is 0 Å². The minimum Gasteiger partial charge on any atom is -0.370 e. The molecule has 0 radical (unpaired) electrons. The van der Waals surface area contributed by atoms with E-state index < -0.39 is 5.41 Å². The van der Waals surface area contributed by atoms with Crippen LogP contribution in [0.4, 0.5) is 0 Å². The third-order valence-electron chi connectivity index (χ3n) is 3.24. The van der Waals surface area contributed by atoms with Crippen molar-refractivity contribution in [1.82, 2.24) is 0 Å². The zero-order valence-electron chi connectivity index (χ0n) is 8.90. The van der Waals surface area contributed by atoms with Gasteiger partial charge in [0.2, 0.25) is 11.8 Å². The van der Waals surface area contributed by atoms with Crippen molar-refractivity contribution in [2.24, 2.45) is 11.5 Å². The normalized spacial score (nSPS) is 15.2. The van der Waals surface area contributed by atoms with Crippen molar-refractivity contribution in [3.63, 3.8) is 0 Å². The zero-order chi connectivity index (χ0) is 11.8. The van der Waals surface area contributed by atoms with Crippen LogP contribution in [0.15, 0.2) is 24.3 Å². The molecule has 0 saturated carbocycles. The number of carbonyl (C=O) groups is 2. The summed E-state index contributed by atoms with van der Waals surface area (Å²) >= 11 is 0. The quantitative estimate of drug-likeness (QED) is 0.750. The molecule has 4 N–H and O–H groups in total. The standard InChI is InChI=1S/C12H14N2O2/c13-10(15)5-2-6-12(11(14)16)8-3-1-4-9(12)7-8/h1,3-4,7H,2,5-6H2,(H2,13,15)(H2,14,16). The van der Waals surface area contributed by atoms with Crippen LogP contribution in [-0.2, 0) is 15.0 Å². The number of primary amides is 2. The van der Waals surface area contributed by atoms with E-state index in [9.17, 15) is 9.59 Å². The SMILES string of the molecule is NC(=O)CCCC1(C(N)=O)c2cccc1c2. The minimum atomic E-state index is -0.662. The van der Waals surface area contributed by atoms with Gasteiger partial charge in [-0.3, -0.25) is 9.59 Å². The first kappa shape index (κ1) is 10.7. The Hall–Kier alpha value is -1.84. The third-order valence-corrected chi connectivity index (χ3v) is 3.24. The van der Waals surface area contributed by atoms with Gasteiger partial charge in [-0.05, 0) is 24.0 Å². The summed E-state index contributed by atoms with van der Waals surface area (Å²) in [5, 5.41) is 0. The molecule has 2 aliphatic carbocycles. The first-order valence-electron chi connectivity index (χ1n) is 5.26. The molecule has 0 atom stereocenters. The summed E-state index contributed by atoms with van der Waals surface area (Å²) < 4.78 is 0. The first-order valence-corrected chi connectivity index (χ1v) is 5.26. The largest absolute Gasteiger partial charge is 0.370 e. The Labute approximate surface area is 93.6 Å². The first-order chi connectivity index (χ1) is 7.57. The molecule has 0 saturated heterocycles. The summed E-state index contributed by atoms with van der Waals surface area (Å²) in [7, 11) is 0. The topological polar surface area (TPSA) is 86.2 Å². The number of nitrogens with two attached hydrogens (primary N) is 2. The number of fused-ring (bicyclic) bond motifs is 2. The lowest BCUT2D eigenvalue weighted by Crippen LogP contribution is -2.47. The number of benzene rings is 1. The number of hydrogen-bond acceptors (Lipinski definition) is 2. The van der Waals surface area contributed by atoms with E-state index in [1.54, 1.807) is 0 Å². The van der Waals surface area contributed by atoms with Crippen molar-refractivity contribution < 1.29 is 9.59 Å². The molecule has 0 unspecified atom stereocenters. The maximum absolute atomic E-state index is 11.6. The summed E-state index contributed by atoms with van der Waals surface area (Å²) in [6, 6.07) is 7.64. The second-order valence-corrected chi connectivity index (χ2v) is 4.17. The molecule has 2 bridgehead atoms. The molecule has 84 valence electrons. The fourth-order valence-electron chi connectivity index (χ4n) is 2.36. The van der Waals surface area contributed by atoms with Crippen molar-refractivity contribution in [3.8, 4) is 0 Å². The van der Waals surface area contributed by atoms with Gasteiger partial charge in [-0.15, -0.1) is 0 Å². The van der Waals surface area contributed by atoms with Crippen molar-refractivity contribution in [2.45, 2.75) is 24.7 Å². The van der Waals surface area contributed by atoms with Crippen molar-refractivity contribution in [1.29, 1.82) is 0 Å². The molecule has 4 heteroatoms. The Bertz CT molecular complexity index is 427. The highest BCUT2D eigenvalue weighted by atomic mass is 16.1. The van der Waals surface area contributed by atoms with Crippen LogP contribution >= 0.6 is 0 Å². The van der Waals surface area contributed by atoms with E-state index in [1.807, 2.05) is 24.3 Å². The summed E-state index contributed by atoms with van der Waals surface area (Å²) in [5.74, 6) is -0.687. The molecule has 0 heterocycles. The highest BCUT2D eigenvalue weighted by Crippen LogP contribution is 2.45. The third kappa shape index (κ3) is 1.38. The lowest BCUT2D eigenvalue weighted by molar-refractivity contribution is -0.123.